The lowest BCUT2D eigenvalue weighted by molar-refractivity contribution is 0.857. The van der Waals surface area contributed by atoms with Crippen LogP contribution in [0.2, 0.25) is 0 Å². The lowest BCUT2D eigenvalue weighted by atomic mass is 10.2. The van der Waals surface area contributed by atoms with Crippen LogP contribution in [-0.4, -0.2) is 9.97 Å². The Morgan fingerprint density at radius 2 is 0.962 bits per heavy atom. The fourth-order valence-electron chi connectivity index (χ4n) is 2.27. The maximum Gasteiger partial charge on any atom is 0.0963 e. The van der Waals surface area contributed by atoms with Crippen molar-refractivity contribution in [3.63, 3.8) is 0 Å². The molecular formula is C22H28N2S2. The summed E-state index contributed by atoms with van der Waals surface area (Å²) in [6.45, 7) is 12.7. The standard InChI is InChI=1S/2C10H11NS.C2H6/c2*1-7(2)10-11-8-5-3-4-6-9(8)12-10;1-2/h2*3-7H,1-2H3;1-2H3. The highest BCUT2D eigenvalue weighted by Gasteiger charge is 2.06. The minimum Gasteiger partial charge on any atom is -0.241 e. The molecule has 0 amide bonds. The molecule has 4 rings (SSSR count). The second-order valence-electron chi connectivity index (χ2n) is 6.35. The molecular weight excluding hydrogens is 356 g/mol. The third kappa shape index (κ3) is 5.12. The van der Waals surface area contributed by atoms with Gasteiger partial charge in [-0.15, -0.1) is 22.7 Å². The van der Waals surface area contributed by atoms with E-state index in [1.165, 1.54) is 19.4 Å². The quantitative estimate of drug-likeness (QED) is 0.351. The predicted molar refractivity (Wildman–Crippen MR) is 119 cm³/mol. The maximum atomic E-state index is 4.53. The van der Waals surface area contributed by atoms with Crippen molar-refractivity contribution in [3.8, 4) is 0 Å². The van der Waals surface area contributed by atoms with Gasteiger partial charge in [0.15, 0.2) is 0 Å². The van der Waals surface area contributed by atoms with Crippen LogP contribution in [0.25, 0.3) is 20.4 Å². The molecule has 138 valence electrons. The Bertz CT molecular complexity index is 791. The van der Waals surface area contributed by atoms with Crippen molar-refractivity contribution >= 4 is 43.1 Å². The fraction of sp³-hybridized carbons (Fsp3) is 0.364. The van der Waals surface area contributed by atoms with E-state index in [4.69, 9.17) is 0 Å². The van der Waals surface area contributed by atoms with E-state index in [2.05, 4.69) is 74.1 Å². The second kappa shape index (κ2) is 9.79. The molecule has 0 saturated carbocycles. The van der Waals surface area contributed by atoms with Crippen LogP contribution >= 0.6 is 22.7 Å². The van der Waals surface area contributed by atoms with Crippen molar-refractivity contribution in [1.29, 1.82) is 0 Å². The van der Waals surface area contributed by atoms with Gasteiger partial charge in [-0.05, 0) is 24.3 Å². The molecule has 2 aromatic heterocycles. The highest BCUT2D eigenvalue weighted by atomic mass is 32.1. The number of fused-ring (bicyclic) bond motifs is 2. The van der Waals surface area contributed by atoms with E-state index in [-0.39, 0.29) is 0 Å². The lowest BCUT2D eigenvalue weighted by Crippen LogP contribution is -1.82. The topological polar surface area (TPSA) is 25.8 Å². The number of para-hydroxylation sites is 2. The molecule has 0 spiro atoms. The monoisotopic (exact) mass is 384 g/mol. The zero-order chi connectivity index (χ0) is 19.1. The van der Waals surface area contributed by atoms with E-state index in [9.17, 15) is 0 Å². The molecule has 26 heavy (non-hydrogen) atoms. The number of thiazole rings is 2. The van der Waals surface area contributed by atoms with Gasteiger partial charge >= 0.3 is 0 Å². The Morgan fingerprint density at radius 1 is 0.615 bits per heavy atom. The highest BCUT2D eigenvalue weighted by molar-refractivity contribution is 7.19. The van der Waals surface area contributed by atoms with E-state index in [0.29, 0.717) is 11.8 Å². The Balaban J connectivity index is 0.000000171. The van der Waals surface area contributed by atoms with Gasteiger partial charge in [-0.1, -0.05) is 65.8 Å². The van der Waals surface area contributed by atoms with Crippen LogP contribution in [0, 0.1) is 0 Å². The zero-order valence-corrected chi connectivity index (χ0v) is 18.1. The molecule has 0 atom stereocenters. The Hall–Kier alpha value is -1.78. The molecule has 0 aliphatic carbocycles. The van der Waals surface area contributed by atoms with Crippen LogP contribution < -0.4 is 0 Å². The molecule has 4 heteroatoms. The maximum absolute atomic E-state index is 4.53. The first kappa shape index (κ1) is 20.5. The largest absolute Gasteiger partial charge is 0.241 e. The normalized spacial score (nSPS) is 10.6. The second-order valence-corrected chi connectivity index (χ2v) is 8.47. The number of nitrogens with zero attached hydrogens (tertiary/aromatic N) is 2. The van der Waals surface area contributed by atoms with E-state index >= 15 is 0 Å². The summed E-state index contributed by atoms with van der Waals surface area (Å²) in [7, 11) is 0. The number of hydrogen-bond donors (Lipinski definition) is 0. The van der Waals surface area contributed by atoms with Crippen LogP contribution in [0.5, 0.6) is 0 Å². The van der Waals surface area contributed by atoms with Gasteiger partial charge in [0.1, 0.15) is 0 Å². The average molecular weight is 385 g/mol. The summed E-state index contributed by atoms with van der Waals surface area (Å²) in [5.41, 5.74) is 2.26. The molecule has 0 fully saturated rings. The van der Waals surface area contributed by atoms with Crippen molar-refractivity contribution in [3.05, 3.63) is 58.5 Å². The molecule has 0 bridgehead atoms. The molecule has 2 aromatic carbocycles. The first-order chi connectivity index (χ1) is 12.5. The molecule has 0 aliphatic rings. The molecule has 0 aliphatic heterocycles. The Kier molecular flexibility index (Phi) is 7.73. The molecule has 2 heterocycles. The average Bonchev–Trinajstić information content (AvgIpc) is 3.28. The summed E-state index contributed by atoms with van der Waals surface area (Å²) in [6, 6.07) is 16.6. The van der Waals surface area contributed by atoms with Crippen molar-refractivity contribution in [2.24, 2.45) is 0 Å². The van der Waals surface area contributed by atoms with Crippen LogP contribution in [-0.2, 0) is 0 Å². The molecule has 0 radical (unpaired) electrons. The molecule has 2 nitrogen and oxygen atoms in total. The van der Waals surface area contributed by atoms with Gasteiger partial charge in [0, 0.05) is 11.8 Å². The minimum absolute atomic E-state index is 0.544. The van der Waals surface area contributed by atoms with Gasteiger partial charge in [-0.25, -0.2) is 9.97 Å². The van der Waals surface area contributed by atoms with Crippen LogP contribution in [0.1, 0.15) is 63.4 Å². The van der Waals surface area contributed by atoms with Crippen molar-refractivity contribution < 1.29 is 0 Å². The number of benzene rings is 2. The number of aromatic nitrogens is 2. The van der Waals surface area contributed by atoms with E-state index in [1.54, 1.807) is 22.7 Å². The molecule has 0 saturated heterocycles. The molecule has 0 N–H and O–H groups in total. The predicted octanol–water partition coefficient (Wildman–Crippen LogP) is 7.87. The van der Waals surface area contributed by atoms with Crippen molar-refractivity contribution in [2.45, 2.75) is 53.4 Å². The third-order valence-corrected chi connectivity index (χ3v) is 6.28. The number of hydrogen-bond acceptors (Lipinski definition) is 4. The van der Waals surface area contributed by atoms with Crippen LogP contribution in [0.4, 0.5) is 0 Å². The molecule has 4 aromatic rings. The summed E-state index contributed by atoms with van der Waals surface area (Å²) in [5.74, 6) is 1.09. The van der Waals surface area contributed by atoms with E-state index in [1.807, 2.05) is 26.0 Å². The fourth-order valence-corrected chi connectivity index (χ4v) is 4.21. The summed E-state index contributed by atoms with van der Waals surface area (Å²) < 4.78 is 2.59. The first-order valence-electron chi connectivity index (χ1n) is 9.25. The summed E-state index contributed by atoms with van der Waals surface area (Å²) in [6.07, 6.45) is 0. The zero-order valence-electron chi connectivity index (χ0n) is 16.5. The highest BCUT2D eigenvalue weighted by Crippen LogP contribution is 2.27. The van der Waals surface area contributed by atoms with E-state index in [0.717, 1.165) is 11.0 Å². The Labute approximate surface area is 165 Å². The summed E-state index contributed by atoms with van der Waals surface area (Å²) in [4.78, 5) is 9.06. The number of rotatable bonds is 2. The van der Waals surface area contributed by atoms with Gasteiger partial charge in [-0.2, -0.15) is 0 Å². The Morgan fingerprint density at radius 3 is 1.27 bits per heavy atom. The van der Waals surface area contributed by atoms with Gasteiger partial charge in [-0.3, -0.25) is 0 Å². The summed E-state index contributed by atoms with van der Waals surface area (Å²) in [5, 5.41) is 2.47. The van der Waals surface area contributed by atoms with Crippen LogP contribution in [0.3, 0.4) is 0 Å². The van der Waals surface area contributed by atoms with Crippen molar-refractivity contribution in [1.82, 2.24) is 9.97 Å². The van der Waals surface area contributed by atoms with Gasteiger partial charge < -0.3 is 0 Å². The first-order valence-corrected chi connectivity index (χ1v) is 10.9. The SMILES string of the molecule is CC.CC(C)c1nc2ccccc2s1.CC(C)c1nc2ccccc2s1. The molecule has 0 unspecified atom stereocenters. The van der Waals surface area contributed by atoms with Gasteiger partial charge in [0.2, 0.25) is 0 Å². The minimum atomic E-state index is 0.544. The summed E-state index contributed by atoms with van der Waals surface area (Å²) >= 11 is 3.59. The van der Waals surface area contributed by atoms with Crippen molar-refractivity contribution in [2.75, 3.05) is 0 Å². The van der Waals surface area contributed by atoms with Gasteiger partial charge in [0.25, 0.3) is 0 Å². The van der Waals surface area contributed by atoms with Crippen LogP contribution in [0.15, 0.2) is 48.5 Å². The van der Waals surface area contributed by atoms with Gasteiger partial charge in [0.05, 0.1) is 30.4 Å². The third-order valence-electron chi connectivity index (χ3n) is 3.61. The lowest BCUT2D eigenvalue weighted by Gasteiger charge is -1.94. The van der Waals surface area contributed by atoms with E-state index < -0.39 is 0 Å². The smallest absolute Gasteiger partial charge is 0.0963 e.